The first-order valence-corrected chi connectivity index (χ1v) is 20.4. The predicted octanol–water partition coefficient (Wildman–Crippen LogP) is 5.67. The molecule has 0 spiro atoms. The van der Waals surface area contributed by atoms with E-state index in [-0.39, 0.29) is 41.9 Å². The van der Waals surface area contributed by atoms with E-state index in [4.69, 9.17) is 11.3 Å². The predicted molar refractivity (Wildman–Crippen MR) is 214 cm³/mol. The minimum atomic E-state index is -4.62. The molecule has 17 heteroatoms. The first-order valence-electron chi connectivity index (χ1n) is 20.4. The van der Waals surface area contributed by atoms with Crippen molar-refractivity contribution >= 4 is 52.4 Å². The van der Waals surface area contributed by atoms with Crippen molar-refractivity contribution in [1.29, 1.82) is 0 Å². The third-order valence-electron chi connectivity index (χ3n) is 12.4. The molecule has 0 aliphatic carbocycles. The number of carbonyl (C=O) groups excluding carboxylic acids is 5. The topological polar surface area (TPSA) is 149 Å². The fraction of sp³-hybridized carbons (Fsp3) is 0.465. The van der Waals surface area contributed by atoms with Crippen LogP contribution in [-0.2, 0) is 20.6 Å². The highest BCUT2D eigenvalue weighted by Gasteiger charge is 2.45. The fourth-order valence-corrected chi connectivity index (χ4v) is 8.99. The van der Waals surface area contributed by atoms with Crippen LogP contribution in [0, 0.1) is 18.4 Å². The Balaban J connectivity index is 0.745. The van der Waals surface area contributed by atoms with Gasteiger partial charge in [-0.15, -0.1) is 0 Å². The monoisotopic (exact) mass is 826 g/mol. The summed E-state index contributed by atoms with van der Waals surface area (Å²) in [4.78, 5) is 78.4. The number of amides is 5. The van der Waals surface area contributed by atoms with Crippen LogP contribution in [0.2, 0.25) is 0 Å². The molecule has 4 saturated heterocycles. The maximum absolute atomic E-state index is 13.5. The molecule has 4 fully saturated rings. The second kappa shape index (κ2) is 16.9. The molecular weight excluding hydrogens is 782 g/mol. The molecule has 2 aromatic carbocycles. The summed E-state index contributed by atoms with van der Waals surface area (Å²) in [6, 6.07) is 11.5. The Labute approximate surface area is 344 Å². The van der Waals surface area contributed by atoms with Gasteiger partial charge in [0.1, 0.15) is 23.7 Å². The highest BCUT2D eigenvalue weighted by atomic mass is 19.4. The maximum Gasteiger partial charge on any atom is 0.407 e. The van der Waals surface area contributed by atoms with Crippen molar-refractivity contribution in [2.24, 2.45) is 11.8 Å². The van der Waals surface area contributed by atoms with Crippen molar-refractivity contribution in [2.75, 3.05) is 60.9 Å². The maximum atomic E-state index is 13.5. The molecule has 1 aromatic heterocycles. The number of aromatic nitrogens is 1. The van der Waals surface area contributed by atoms with Crippen LogP contribution in [0.25, 0.3) is 4.85 Å². The van der Waals surface area contributed by atoms with Gasteiger partial charge in [-0.2, -0.15) is 13.2 Å². The molecule has 5 aliphatic rings. The third-order valence-corrected chi connectivity index (χ3v) is 12.4. The van der Waals surface area contributed by atoms with Gasteiger partial charge in [-0.25, -0.2) is 9.83 Å². The van der Waals surface area contributed by atoms with Crippen molar-refractivity contribution in [3.63, 3.8) is 0 Å². The van der Waals surface area contributed by atoms with Crippen LogP contribution < -0.4 is 25.2 Å². The minimum absolute atomic E-state index is 0.0422. The number of anilines is 3. The van der Waals surface area contributed by atoms with Gasteiger partial charge in [0.2, 0.25) is 17.7 Å². The molecule has 6 heterocycles. The Bertz CT molecular complexity index is 2200. The van der Waals surface area contributed by atoms with E-state index in [0.717, 1.165) is 75.1 Å². The van der Waals surface area contributed by atoms with Gasteiger partial charge in [-0.3, -0.25) is 34.2 Å². The number of pyridine rings is 1. The number of benzene rings is 2. The van der Waals surface area contributed by atoms with E-state index in [1.165, 1.54) is 12.1 Å². The number of alkyl halides is 3. The average Bonchev–Trinajstić information content (AvgIpc) is 3.49. The minimum Gasteiger partial charge on any atom is -0.489 e. The van der Waals surface area contributed by atoms with Crippen LogP contribution in [-0.4, -0.2) is 102 Å². The number of fused-ring (bicyclic) bond motifs is 1. The lowest BCUT2D eigenvalue weighted by Crippen LogP contribution is -2.54. The Morgan fingerprint density at radius 1 is 0.833 bits per heavy atom. The molecule has 3 aromatic rings. The van der Waals surface area contributed by atoms with Gasteiger partial charge in [0.25, 0.3) is 11.8 Å². The summed E-state index contributed by atoms with van der Waals surface area (Å²) in [5, 5.41) is 5.09. The van der Waals surface area contributed by atoms with Crippen LogP contribution in [0.4, 0.5) is 36.1 Å². The van der Waals surface area contributed by atoms with Gasteiger partial charge >= 0.3 is 6.18 Å². The van der Waals surface area contributed by atoms with Crippen molar-refractivity contribution < 1.29 is 41.9 Å². The molecule has 314 valence electrons. The first-order chi connectivity index (χ1) is 28.8. The van der Waals surface area contributed by atoms with Gasteiger partial charge in [0.15, 0.2) is 5.69 Å². The summed E-state index contributed by atoms with van der Waals surface area (Å²) in [6.07, 6.45) is 1.87. The lowest BCUT2D eigenvalue weighted by atomic mass is 9.94. The van der Waals surface area contributed by atoms with Crippen LogP contribution in [0.1, 0.15) is 77.6 Å². The van der Waals surface area contributed by atoms with Crippen LogP contribution in [0.15, 0.2) is 54.7 Å². The molecule has 1 unspecified atom stereocenters. The van der Waals surface area contributed by atoms with Crippen molar-refractivity contribution in [3.05, 3.63) is 82.8 Å². The van der Waals surface area contributed by atoms with Gasteiger partial charge < -0.3 is 24.8 Å². The number of nitrogens with zero attached hydrogens (tertiary/aromatic N) is 6. The summed E-state index contributed by atoms with van der Waals surface area (Å²) in [7, 11) is 0. The molecule has 60 heavy (non-hydrogen) atoms. The second-order valence-corrected chi connectivity index (χ2v) is 16.2. The van der Waals surface area contributed by atoms with Gasteiger partial charge in [0.05, 0.1) is 29.5 Å². The number of piperidine rings is 4. The summed E-state index contributed by atoms with van der Waals surface area (Å²) >= 11 is 0. The van der Waals surface area contributed by atoms with E-state index >= 15 is 0 Å². The van der Waals surface area contributed by atoms with E-state index in [2.05, 4.69) is 30.3 Å². The molecule has 0 bridgehead atoms. The molecule has 8 rings (SSSR count). The first kappa shape index (κ1) is 40.7. The van der Waals surface area contributed by atoms with Crippen molar-refractivity contribution in [1.82, 2.24) is 20.1 Å². The molecule has 0 radical (unpaired) electrons. The molecule has 14 nitrogen and oxygen atoms in total. The highest BCUT2D eigenvalue weighted by Crippen LogP contribution is 2.40. The molecule has 0 saturated carbocycles. The van der Waals surface area contributed by atoms with Gasteiger partial charge in [0, 0.05) is 69.5 Å². The van der Waals surface area contributed by atoms with Gasteiger partial charge in [-0.1, -0.05) is 6.07 Å². The van der Waals surface area contributed by atoms with E-state index < -0.39 is 47.1 Å². The summed E-state index contributed by atoms with van der Waals surface area (Å²) in [5.41, 5.74) is 0.434. The quantitative estimate of drug-likeness (QED) is 0.204. The van der Waals surface area contributed by atoms with Gasteiger partial charge in [-0.05, 0) is 93.3 Å². The summed E-state index contributed by atoms with van der Waals surface area (Å²) in [6.45, 7) is 12.3. The Morgan fingerprint density at radius 3 is 2.15 bits per heavy atom. The van der Waals surface area contributed by atoms with E-state index in [1.807, 2.05) is 11.0 Å². The Morgan fingerprint density at radius 2 is 1.50 bits per heavy atom. The third kappa shape index (κ3) is 8.65. The largest absolute Gasteiger partial charge is 0.489 e. The zero-order valence-corrected chi connectivity index (χ0v) is 32.9. The Hall–Kier alpha value is -6.02. The average molecular weight is 827 g/mol. The SMILES string of the molecule is [C-]#[N+]c1ccc(N2CCC(C(=O)Nc3ccc(OC4CCN(CC5CCN(c6ccc7c(c6)C(=O)N(C6CCC(=O)NC6=O)C7=O)CC5)CC4)cn3)CC2)cc1C(F)(F)F. The zero-order chi connectivity index (χ0) is 42.1. The summed E-state index contributed by atoms with van der Waals surface area (Å²) < 4.78 is 46.6. The zero-order valence-electron chi connectivity index (χ0n) is 32.9. The molecular formula is C43H45F3N8O6. The number of hydrogen-bond donors (Lipinski definition) is 2. The molecule has 5 aliphatic heterocycles. The fourth-order valence-electron chi connectivity index (χ4n) is 8.99. The van der Waals surface area contributed by atoms with Crippen LogP contribution in [0.5, 0.6) is 5.75 Å². The number of likely N-dealkylation sites (tertiary alicyclic amines) is 1. The van der Waals surface area contributed by atoms with E-state index in [9.17, 15) is 37.1 Å². The van der Waals surface area contributed by atoms with Crippen LogP contribution >= 0.6 is 0 Å². The smallest absolute Gasteiger partial charge is 0.407 e. The number of imide groups is 2. The number of halogens is 3. The van der Waals surface area contributed by atoms with E-state index in [0.29, 0.717) is 49.1 Å². The molecule has 5 amide bonds. The number of carbonyl (C=O) groups is 5. The second-order valence-electron chi connectivity index (χ2n) is 16.2. The number of ether oxygens (including phenoxy) is 1. The van der Waals surface area contributed by atoms with E-state index in [1.54, 1.807) is 30.5 Å². The molecule has 2 N–H and O–H groups in total. The standard InChI is InChI=1S/C43H45F3N8O6/c1-47-35-6-3-29(23-34(35)43(44,45)46)53-20-12-27(13-21-53)39(56)49-37-8-4-31(24-48-37)60-30-14-16-51(17-15-30)25-26-10-18-52(19-11-26)28-2-5-32-33(22-28)42(59)54(41(32)58)36-7-9-38(55)50-40(36)57/h2-6,8,22-24,26-27,30,36H,7,9-21,25H2,(H,48,49,56)(H,50,55,57). The van der Waals surface area contributed by atoms with Crippen LogP contribution in [0.3, 0.4) is 0 Å². The lowest BCUT2D eigenvalue weighted by Gasteiger charge is -2.38. The lowest BCUT2D eigenvalue weighted by molar-refractivity contribution is -0.137. The number of nitrogens with one attached hydrogen (secondary N) is 2. The van der Waals surface area contributed by atoms with Crippen molar-refractivity contribution in [2.45, 2.75) is 69.7 Å². The number of rotatable bonds is 9. The number of hydrogen-bond acceptors (Lipinski definition) is 10. The highest BCUT2D eigenvalue weighted by molar-refractivity contribution is 6.23. The normalized spacial score (nSPS) is 21.2. The Kier molecular flexibility index (Phi) is 11.5. The molecule has 1 atom stereocenters. The summed E-state index contributed by atoms with van der Waals surface area (Å²) in [5.74, 6) is -0.994. The van der Waals surface area contributed by atoms with Crippen molar-refractivity contribution in [3.8, 4) is 5.75 Å².